The molecule has 1 fully saturated rings. The standard InChI is InChI=1S/C13H26N4S2/c1-10-7-9-17(11(2)6-8-16(10)5)13(19)14-12(18)15(3)4/h10-11H,6-9H2,1-5H3,(H,14,18,19). The summed E-state index contributed by atoms with van der Waals surface area (Å²) in [6.07, 6.45) is 2.24. The summed E-state index contributed by atoms with van der Waals surface area (Å²) in [5.74, 6) is 0. The van der Waals surface area contributed by atoms with Crippen LogP contribution in [0.5, 0.6) is 0 Å². The molecule has 0 aromatic carbocycles. The average molecular weight is 303 g/mol. The maximum atomic E-state index is 5.51. The monoisotopic (exact) mass is 302 g/mol. The Hall–Kier alpha value is -0.460. The predicted molar refractivity (Wildman–Crippen MR) is 89.5 cm³/mol. The van der Waals surface area contributed by atoms with Gasteiger partial charge in [-0.05, 0) is 58.2 Å². The maximum absolute atomic E-state index is 5.51. The molecule has 0 spiro atoms. The molecule has 1 heterocycles. The first kappa shape index (κ1) is 16.6. The van der Waals surface area contributed by atoms with Crippen LogP contribution in [0.4, 0.5) is 0 Å². The largest absolute Gasteiger partial charge is 0.355 e. The van der Waals surface area contributed by atoms with Crippen molar-refractivity contribution in [2.75, 3.05) is 34.2 Å². The summed E-state index contributed by atoms with van der Waals surface area (Å²) in [6.45, 7) is 6.60. The zero-order chi connectivity index (χ0) is 14.6. The Morgan fingerprint density at radius 3 is 2.26 bits per heavy atom. The fourth-order valence-corrected chi connectivity index (χ4v) is 2.64. The van der Waals surface area contributed by atoms with Crippen molar-refractivity contribution in [3.05, 3.63) is 0 Å². The Morgan fingerprint density at radius 2 is 1.68 bits per heavy atom. The average Bonchev–Trinajstić information content (AvgIpc) is 2.34. The van der Waals surface area contributed by atoms with Crippen LogP contribution in [-0.4, -0.2) is 71.2 Å². The van der Waals surface area contributed by atoms with Gasteiger partial charge in [-0.25, -0.2) is 0 Å². The molecule has 0 bridgehead atoms. The van der Waals surface area contributed by atoms with Gasteiger partial charge in [-0.3, -0.25) is 0 Å². The van der Waals surface area contributed by atoms with E-state index in [9.17, 15) is 0 Å². The minimum atomic E-state index is 0.444. The first-order chi connectivity index (χ1) is 8.82. The van der Waals surface area contributed by atoms with Crippen LogP contribution < -0.4 is 5.32 Å². The molecule has 0 saturated carbocycles. The highest BCUT2D eigenvalue weighted by Crippen LogP contribution is 2.14. The van der Waals surface area contributed by atoms with Crippen LogP contribution >= 0.6 is 24.4 Å². The number of nitrogens with zero attached hydrogens (tertiary/aromatic N) is 3. The fourth-order valence-electron chi connectivity index (χ4n) is 2.11. The lowest BCUT2D eigenvalue weighted by Crippen LogP contribution is -2.52. The Kier molecular flexibility index (Phi) is 6.42. The zero-order valence-corrected chi connectivity index (χ0v) is 14.3. The van der Waals surface area contributed by atoms with Gasteiger partial charge >= 0.3 is 0 Å². The molecular weight excluding hydrogens is 276 g/mol. The Bertz CT molecular complexity index is 333. The van der Waals surface area contributed by atoms with Crippen LogP contribution in [0.3, 0.4) is 0 Å². The van der Waals surface area contributed by atoms with E-state index in [1.165, 1.54) is 0 Å². The Balaban J connectivity index is 2.64. The lowest BCUT2D eigenvalue weighted by Gasteiger charge is -2.38. The second-order valence-electron chi connectivity index (χ2n) is 5.58. The number of hydrogen-bond donors (Lipinski definition) is 1. The van der Waals surface area contributed by atoms with Crippen molar-refractivity contribution < 1.29 is 0 Å². The highest BCUT2D eigenvalue weighted by Gasteiger charge is 2.23. The summed E-state index contributed by atoms with van der Waals surface area (Å²) in [5, 5.41) is 4.58. The predicted octanol–water partition coefficient (Wildman–Crippen LogP) is 1.51. The summed E-state index contributed by atoms with van der Waals surface area (Å²) in [6, 6.07) is 1.04. The fraction of sp³-hybridized carbons (Fsp3) is 0.846. The third-order valence-corrected chi connectivity index (χ3v) is 4.66. The third kappa shape index (κ3) is 4.85. The quantitative estimate of drug-likeness (QED) is 0.680. The first-order valence-corrected chi connectivity index (χ1v) is 7.63. The molecule has 1 aliphatic rings. The first-order valence-electron chi connectivity index (χ1n) is 6.82. The lowest BCUT2D eigenvalue weighted by molar-refractivity contribution is 0.168. The van der Waals surface area contributed by atoms with Gasteiger partial charge in [-0.1, -0.05) is 0 Å². The molecule has 0 amide bonds. The third-order valence-electron chi connectivity index (χ3n) is 3.85. The van der Waals surface area contributed by atoms with Crippen LogP contribution in [0.15, 0.2) is 0 Å². The van der Waals surface area contributed by atoms with Crippen molar-refractivity contribution in [3.8, 4) is 0 Å². The van der Waals surface area contributed by atoms with Gasteiger partial charge in [-0.15, -0.1) is 0 Å². The van der Waals surface area contributed by atoms with Gasteiger partial charge in [-0.2, -0.15) is 0 Å². The summed E-state index contributed by atoms with van der Waals surface area (Å²) >= 11 is 10.8. The summed E-state index contributed by atoms with van der Waals surface area (Å²) < 4.78 is 0. The van der Waals surface area contributed by atoms with Gasteiger partial charge in [0.05, 0.1) is 0 Å². The van der Waals surface area contributed by atoms with E-state index >= 15 is 0 Å². The molecule has 19 heavy (non-hydrogen) atoms. The molecule has 2 atom stereocenters. The van der Waals surface area contributed by atoms with Crippen LogP contribution in [0.2, 0.25) is 0 Å². The van der Waals surface area contributed by atoms with Gasteiger partial charge in [0.1, 0.15) is 0 Å². The van der Waals surface area contributed by atoms with Gasteiger partial charge in [0, 0.05) is 39.3 Å². The molecule has 110 valence electrons. The molecule has 0 radical (unpaired) electrons. The molecule has 1 aliphatic heterocycles. The zero-order valence-electron chi connectivity index (χ0n) is 12.6. The molecule has 1 rings (SSSR count). The number of hydrogen-bond acceptors (Lipinski definition) is 3. The second kappa shape index (κ2) is 7.36. The van der Waals surface area contributed by atoms with E-state index in [2.05, 4.69) is 36.0 Å². The topological polar surface area (TPSA) is 21.8 Å². The van der Waals surface area contributed by atoms with E-state index in [1.54, 1.807) is 0 Å². The smallest absolute Gasteiger partial charge is 0.175 e. The van der Waals surface area contributed by atoms with Crippen LogP contribution in [0, 0.1) is 0 Å². The molecule has 2 unspecified atom stereocenters. The normalized spacial score (nSPS) is 25.4. The minimum Gasteiger partial charge on any atom is -0.355 e. The minimum absolute atomic E-state index is 0.444. The van der Waals surface area contributed by atoms with Crippen molar-refractivity contribution >= 4 is 34.7 Å². The maximum Gasteiger partial charge on any atom is 0.175 e. The Labute approximate surface area is 128 Å². The van der Waals surface area contributed by atoms with E-state index in [-0.39, 0.29) is 0 Å². The molecular formula is C13H26N4S2. The van der Waals surface area contributed by atoms with Gasteiger partial charge in [0.2, 0.25) is 0 Å². The van der Waals surface area contributed by atoms with Gasteiger partial charge in [0.25, 0.3) is 0 Å². The van der Waals surface area contributed by atoms with E-state index in [0.717, 1.165) is 31.0 Å². The van der Waals surface area contributed by atoms with Crippen LogP contribution in [0.1, 0.15) is 26.7 Å². The van der Waals surface area contributed by atoms with E-state index < -0.39 is 0 Å². The van der Waals surface area contributed by atoms with Crippen LogP contribution in [-0.2, 0) is 0 Å². The highest BCUT2D eigenvalue weighted by molar-refractivity contribution is 7.81. The van der Waals surface area contributed by atoms with Crippen molar-refractivity contribution in [2.24, 2.45) is 0 Å². The SMILES string of the molecule is CC1CCN(C(=S)NC(=S)N(C)C)C(C)CCN1C. The van der Waals surface area contributed by atoms with E-state index in [0.29, 0.717) is 17.2 Å². The molecule has 0 aromatic heterocycles. The van der Waals surface area contributed by atoms with Crippen molar-refractivity contribution in [1.82, 2.24) is 20.0 Å². The molecule has 4 nitrogen and oxygen atoms in total. The van der Waals surface area contributed by atoms with Crippen molar-refractivity contribution in [2.45, 2.75) is 38.8 Å². The summed E-state index contributed by atoms with van der Waals surface area (Å²) in [7, 11) is 6.04. The van der Waals surface area contributed by atoms with E-state index in [1.807, 2.05) is 19.0 Å². The summed E-state index contributed by atoms with van der Waals surface area (Å²) in [4.78, 5) is 6.57. The van der Waals surface area contributed by atoms with Crippen LogP contribution in [0.25, 0.3) is 0 Å². The van der Waals surface area contributed by atoms with Gasteiger partial charge in [0.15, 0.2) is 10.2 Å². The van der Waals surface area contributed by atoms with Crippen molar-refractivity contribution in [1.29, 1.82) is 0 Å². The second-order valence-corrected chi connectivity index (χ2v) is 6.35. The molecule has 6 heteroatoms. The number of thiocarbonyl (C=S) groups is 2. The number of nitrogens with one attached hydrogen (secondary N) is 1. The molecule has 0 aliphatic carbocycles. The molecule has 1 N–H and O–H groups in total. The van der Waals surface area contributed by atoms with E-state index in [4.69, 9.17) is 24.4 Å². The molecule has 0 aromatic rings. The van der Waals surface area contributed by atoms with Gasteiger partial charge < -0.3 is 20.0 Å². The highest BCUT2D eigenvalue weighted by atomic mass is 32.1. The van der Waals surface area contributed by atoms with Crippen molar-refractivity contribution in [3.63, 3.8) is 0 Å². The molecule has 1 saturated heterocycles. The lowest BCUT2D eigenvalue weighted by atomic mass is 10.1. The Morgan fingerprint density at radius 1 is 1.11 bits per heavy atom. The number of rotatable bonds is 0. The summed E-state index contributed by atoms with van der Waals surface area (Å²) in [5.41, 5.74) is 0.